The lowest BCUT2D eigenvalue weighted by Gasteiger charge is -2.11. The zero-order valence-corrected chi connectivity index (χ0v) is 13.0. The van der Waals surface area contributed by atoms with E-state index in [1.54, 1.807) is 12.1 Å². The fraction of sp³-hybridized carbons (Fsp3) is 0. The van der Waals surface area contributed by atoms with Gasteiger partial charge in [-0.1, -0.05) is 72.8 Å². The molecule has 0 spiro atoms. The van der Waals surface area contributed by atoms with Gasteiger partial charge >= 0.3 is 0 Å². The fourth-order valence-corrected chi connectivity index (χ4v) is 2.33. The summed E-state index contributed by atoms with van der Waals surface area (Å²) in [5, 5.41) is 11.4. The number of hydrogen-bond donors (Lipinski definition) is 2. The Morgan fingerprint density at radius 3 is 2.21 bits per heavy atom. The fourth-order valence-electron chi connectivity index (χ4n) is 2.33. The van der Waals surface area contributed by atoms with Crippen LogP contribution in [0.5, 0.6) is 0 Å². The van der Waals surface area contributed by atoms with E-state index < -0.39 is 0 Å². The van der Waals surface area contributed by atoms with Gasteiger partial charge in [0.2, 0.25) is 0 Å². The molecule has 0 unspecified atom stereocenters. The number of anilines is 1. The summed E-state index contributed by atoms with van der Waals surface area (Å²) in [6.07, 6.45) is 3.87. The Morgan fingerprint density at radius 1 is 0.792 bits per heavy atom. The van der Waals surface area contributed by atoms with Crippen molar-refractivity contribution in [2.24, 2.45) is 0 Å². The summed E-state index contributed by atoms with van der Waals surface area (Å²) in [6.45, 7) is 0. The van der Waals surface area contributed by atoms with Gasteiger partial charge in [0.05, 0.1) is 0 Å². The van der Waals surface area contributed by atoms with Crippen LogP contribution in [0, 0.1) is 11.2 Å². The lowest BCUT2D eigenvalue weighted by molar-refractivity contribution is 0.628. The maximum absolute atomic E-state index is 13.0. The average Bonchev–Trinajstić information content (AvgIpc) is 2.63. The highest BCUT2D eigenvalue weighted by atomic mass is 19.1. The second kappa shape index (κ2) is 7.38. The molecular weight excluding hydrogens is 299 g/mol. The first-order valence-electron chi connectivity index (χ1n) is 7.66. The van der Waals surface area contributed by atoms with E-state index in [0.29, 0.717) is 5.84 Å². The monoisotopic (exact) mass is 316 g/mol. The quantitative estimate of drug-likeness (QED) is 0.375. The molecule has 3 aromatic carbocycles. The molecular formula is C21H17FN2. The topological polar surface area (TPSA) is 35.9 Å². The Bertz CT molecular complexity index is 853. The van der Waals surface area contributed by atoms with E-state index in [0.717, 1.165) is 22.4 Å². The van der Waals surface area contributed by atoms with Crippen molar-refractivity contribution in [2.75, 3.05) is 5.32 Å². The van der Waals surface area contributed by atoms with E-state index in [4.69, 9.17) is 5.41 Å². The predicted octanol–water partition coefficient (Wildman–Crippen LogP) is 5.43. The van der Waals surface area contributed by atoms with Crippen molar-refractivity contribution in [3.8, 4) is 0 Å². The molecule has 3 heteroatoms. The number of para-hydroxylation sites is 1. The van der Waals surface area contributed by atoms with Gasteiger partial charge in [-0.2, -0.15) is 0 Å². The van der Waals surface area contributed by atoms with E-state index in [1.807, 2.05) is 66.7 Å². The smallest absolute Gasteiger partial charge is 0.129 e. The summed E-state index contributed by atoms with van der Waals surface area (Å²) in [4.78, 5) is 0. The minimum absolute atomic E-state index is 0.245. The summed E-state index contributed by atoms with van der Waals surface area (Å²) < 4.78 is 13.0. The molecule has 0 fully saturated rings. The zero-order valence-electron chi connectivity index (χ0n) is 13.0. The highest BCUT2D eigenvalue weighted by Gasteiger charge is 2.03. The Kier molecular flexibility index (Phi) is 4.82. The molecule has 0 atom stereocenters. The summed E-state index contributed by atoms with van der Waals surface area (Å²) >= 11 is 0. The maximum atomic E-state index is 13.0. The molecule has 0 aliphatic carbocycles. The lowest BCUT2D eigenvalue weighted by atomic mass is 10.1. The summed E-state index contributed by atoms with van der Waals surface area (Å²) in [6, 6.07) is 23.7. The molecule has 0 aliphatic heterocycles. The highest BCUT2D eigenvalue weighted by Crippen LogP contribution is 2.19. The SMILES string of the molecule is N=C(Nc1ccccc1/C=C/c1ccc(F)cc1)c1ccccc1. The third-order valence-electron chi connectivity index (χ3n) is 3.61. The molecule has 3 aromatic rings. The van der Waals surface area contributed by atoms with Crippen molar-refractivity contribution in [3.63, 3.8) is 0 Å². The molecule has 24 heavy (non-hydrogen) atoms. The van der Waals surface area contributed by atoms with Gasteiger partial charge in [0.25, 0.3) is 0 Å². The first-order chi connectivity index (χ1) is 11.7. The summed E-state index contributed by atoms with van der Waals surface area (Å²) in [7, 11) is 0. The Balaban J connectivity index is 1.80. The molecule has 0 saturated carbocycles. The van der Waals surface area contributed by atoms with Gasteiger partial charge in [0.15, 0.2) is 0 Å². The van der Waals surface area contributed by atoms with E-state index in [-0.39, 0.29) is 5.82 Å². The van der Waals surface area contributed by atoms with Crippen LogP contribution in [0.2, 0.25) is 0 Å². The van der Waals surface area contributed by atoms with Gasteiger partial charge in [-0.25, -0.2) is 4.39 Å². The number of hydrogen-bond acceptors (Lipinski definition) is 1. The highest BCUT2D eigenvalue weighted by molar-refractivity contribution is 6.07. The minimum Gasteiger partial charge on any atom is -0.340 e. The number of rotatable bonds is 4. The Morgan fingerprint density at radius 2 is 1.46 bits per heavy atom. The molecule has 0 heterocycles. The molecule has 0 aromatic heterocycles. The van der Waals surface area contributed by atoms with Crippen LogP contribution in [-0.2, 0) is 0 Å². The van der Waals surface area contributed by atoms with Gasteiger partial charge in [-0.15, -0.1) is 0 Å². The minimum atomic E-state index is -0.245. The van der Waals surface area contributed by atoms with Crippen molar-refractivity contribution >= 4 is 23.7 Å². The van der Waals surface area contributed by atoms with E-state index in [2.05, 4.69) is 5.32 Å². The second-order valence-electron chi connectivity index (χ2n) is 5.34. The van der Waals surface area contributed by atoms with E-state index >= 15 is 0 Å². The van der Waals surface area contributed by atoms with Gasteiger partial charge in [-0.3, -0.25) is 5.41 Å². The van der Waals surface area contributed by atoms with Crippen molar-refractivity contribution < 1.29 is 4.39 Å². The number of amidine groups is 1. The molecule has 118 valence electrons. The number of halogens is 1. The van der Waals surface area contributed by atoms with Crippen molar-refractivity contribution in [3.05, 3.63) is 101 Å². The van der Waals surface area contributed by atoms with Crippen LogP contribution in [0.1, 0.15) is 16.7 Å². The first-order valence-corrected chi connectivity index (χ1v) is 7.66. The molecule has 2 nitrogen and oxygen atoms in total. The van der Waals surface area contributed by atoms with Crippen LogP contribution < -0.4 is 5.32 Å². The normalized spacial score (nSPS) is 10.7. The lowest BCUT2D eigenvalue weighted by Crippen LogP contribution is -2.12. The van der Waals surface area contributed by atoms with Crippen molar-refractivity contribution in [1.82, 2.24) is 0 Å². The molecule has 0 radical (unpaired) electrons. The average molecular weight is 316 g/mol. The maximum Gasteiger partial charge on any atom is 0.129 e. The summed E-state index contributed by atoms with van der Waals surface area (Å²) in [5.41, 5.74) is 3.56. The van der Waals surface area contributed by atoms with Crippen LogP contribution >= 0.6 is 0 Å². The van der Waals surface area contributed by atoms with E-state index in [1.165, 1.54) is 12.1 Å². The Hall–Kier alpha value is -3.20. The number of benzene rings is 3. The molecule has 3 rings (SSSR count). The zero-order chi connectivity index (χ0) is 16.8. The summed E-state index contributed by atoms with van der Waals surface area (Å²) in [5.74, 6) is 0.101. The van der Waals surface area contributed by atoms with Crippen LogP contribution in [0.3, 0.4) is 0 Å². The third-order valence-corrected chi connectivity index (χ3v) is 3.61. The van der Waals surface area contributed by atoms with Crippen LogP contribution in [0.25, 0.3) is 12.2 Å². The van der Waals surface area contributed by atoms with Gasteiger partial charge < -0.3 is 5.32 Å². The molecule has 0 amide bonds. The Labute approximate surface area is 140 Å². The van der Waals surface area contributed by atoms with Crippen molar-refractivity contribution in [1.29, 1.82) is 5.41 Å². The van der Waals surface area contributed by atoms with Crippen LogP contribution in [-0.4, -0.2) is 5.84 Å². The molecule has 0 saturated heterocycles. The standard InChI is InChI=1S/C21H17FN2/c22-19-14-11-16(12-15-19)10-13-17-6-4-5-9-20(17)24-21(23)18-7-2-1-3-8-18/h1-15H,(H2,23,24)/b13-10+. The molecule has 2 N–H and O–H groups in total. The van der Waals surface area contributed by atoms with Gasteiger partial charge in [-0.05, 0) is 29.3 Å². The van der Waals surface area contributed by atoms with E-state index in [9.17, 15) is 4.39 Å². The van der Waals surface area contributed by atoms with Gasteiger partial charge in [0, 0.05) is 11.3 Å². The molecule has 0 aliphatic rings. The second-order valence-corrected chi connectivity index (χ2v) is 5.34. The van der Waals surface area contributed by atoms with Crippen molar-refractivity contribution in [2.45, 2.75) is 0 Å². The largest absolute Gasteiger partial charge is 0.340 e. The van der Waals surface area contributed by atoms with Crippen LogP contribution in [0.15, 0.2) is 78.9 Å². The van der Waals surface area contributed by atoms with Crippen LogP contribution in [0.4, 0.5) is 10.1 Å². The van der Waals surface area contributed by atoms with Gasteiger partial charge in [0.1, 0.15) is 11.7 Å². The first kappa shape index (κ1) is 15.7. The number of nitrogens with one attached hydrogen (secondary N) is 2. The third kappa shape index (κ3) is 3.96. The molecule has 0 bridgehead atoms. The predicted molar refractivity (Wildman–Crippen MR) is 98.7 cm³/mol.